The molecule has 1 rings (SSSR count). The van der Waals surface area contributed by atoms with Crippen LogP contribution in [-0.4, -0.2) is 36.6 Å². The number of nitrogens with two attached hydrogens (primary N) is 1. The van der Waals surface area contributed by atoms with Gasteiger partial charge in [-0.3, -0.25) is 0 Å². The Kier molecular flexibility index (Phi) is 5.04. The van der Waals surface area contributed by atoms with Crippen molar-refractivity contribution in [2.24, 2.45) is 5.73 Å². The van der Waals surface area contributed by atoms with Crippen LogP contribution in [0.3, 0.4) is 0 Å². The third-order valence-corrected chi connectivity index (χ3v) is 2.13. The molecule has 0 aliphatic heterocycles. The maximum absolute atomic E-state index is 9.15. The molecule has 0 aliphatic carbocycles. The number of aliphatic hydroxyl groups excluding tert-OH is 2. The molecule has 5 heteroatoms. The van der Waals surface area contributed by atoms with E-state index in [-0.39, 0.29) is 13.2 Å². The maximum atomic E-state index is 9.15. The van der Waals surface area contributed by atoms with E-state index in [0.29, 0.717) is 18.0 Å². The van der Waals surface area contributed by atoms with Crippen molar-refractivity contribution in [3.8, 4) is 11.5 Å². The number of ether oxygens (including phenoxy) is 2. The number of benzene rings is 1. The summed E-state index contributed by atoms with van der Waals surface area (Å²) >= 11 is 0. The van der Waals surface area contributed by atoms with Gasteiger partial charge in [-0.15, -0.1) is 0 Å². The van der Waals surface area contributed by atoms with Gasteiger partial charge in [-0.1, -0.05) is 0 Å². The van der Waals surface area contributed by atoms with Gasteiger partial charge in [-0.25, -0.2) is 0 Å². The molecule has 0 radical (unpaired) electrons. The molecular formula is C11H17NO4. The Bertz CT molecular complexity index is 330. The van der Waals surface area contributed by atoms with Crippen LogP contribution in [0.4, 0.5) is 0 Å². The van der Waals surface area contributed by atoms with Crippen LogP contribution < -0.4 is 15.2 Å². The van der Waals surface area contributed by atoms with Crippen LogP contribution in [-0.2, 0) is 6.54 Å². The van der Waals surface area contributed by atoms with Crippen LogP contribution in [0.25, 0.3) is 0 Å². The SMILES string of the molecule is COc1ccc(OCC(O)CO)c(CN)c1. The minimum Gasteiger partial charge on any atom is -0.497 e. The Morgan fingerprint density at radius 2 is 2.19 bits per heavy atom. The van der Waals surface area contributed by atoms with Crippen LogP contribution in [0.5, 0.6) is 11.5 Å². The second-order valence-electron chi connectivity index (χ2n) is 3.33. The van der Waals surface area contributed by atoms with Gasteiger partial charge in [0, 0.05) is 12.1 Å². The average molecular weight is 227 g/mol. The molecule has 1 aromatic rings. The highest BCUT2D eigenvalue weighted by molar-refractivity contribution is 5.40. The van der Waals surface area contributed by atoms with Crippen molar-refractivity contribution >= 4 is 0 Å². The summed E-state index contributed by atoms with van der Waals surface area (Å²) in [6, 6.07) is 5.26. The Morgan fingerprint density at radius 1 is 1.44 bits per heavy atom. The lowest BCUT2D eigenvalue weighted by Gasteiger charge is -2.13. The van der Waals surface area contributed by atoms with Crippen molar-refractivity contribution in [3.63, 3.8) is 0 Å². The highest BCUT2D eigenvalue weighted by Crippen LogP contribution is 2.23. The van der Waals surface area contributed by atoms with Crippen LogP contribution in [0.15, 0.2) is 18.2 Å². The standard InChI is InChI=1S/C11H17NO4/c1-15-10-2-3-11(8(4-10)5-12)16-7-9(14)6-13/h2-4,9,13-14H,5-7,12H2,1H3. The maximum Gasteiger partial charge on any atom is 0.124 e. The van der Waals surface area contributed by atoms with E-state index in [1.54, 1.807) is 25.3 Å². The predicted molar refractivity (Wildman–Crippen MR) is 59.5 cm³/mol. The quantitative estimate of drug-likeness (QED) is 0.631. The van der Waals surface area contributed by atoms with E-state index in [1.807, 2.05) is 0 Å². The van der Waals surface area contributed by atoms with E-state index < -0.39 is 6.10 Å². The first kappa shape index (κ1) is 12.8. The molecule has 1 atom stereocenters. The fourth-order valence-electron chi connectivity index (χ4n) is 1.22. The Balaban J connectivity index is 2.71. The first-order valence-corrected chi connectivity index (χ1v) is 5.00. The predicted octanol–water partition coefficient (Wildman–Crippen LogP) is -0.114. The normalized spacial score (nSPS) is 12.2. The van der Waals surface area contributed by atoms with Gasteiger partial charge in [0.2, 0.25) is 0 Å². The first-order valence-electron chi connectivity index (χ1n) is 5.00. The zero-order valence-corrected chi connectivity index (χ0v) is 9.22. The van der Waals surface area contributed by atoms with E-state index >= 15 is 0 Å². The fraction of sp³-hybridized carbons (Fsp3) is 0.455. The summed E-state index contributed by atoms with van der Waals surface area (Å²) in [5.74, 6) is 1.30. The van der Waals surface area contributed by atoms with Crippen LogP contribution >= 0.6 is 0 Å². The summed E-state index contributed by atoms with van der Waals surface area (Å²) in [6.45, 7) is 0.0334. The van der Waals surface area contributed by atoms with Gasteiger partial charge in [0.1, 0.15) is 24.2 Å². The highest BCUT2D eigenvalue weighted by atomic mass is 16.5. The topological polar surface area (TPSA) is 84.9 Å². The van der Waals surface area contributed by atoms with E-state index in [1.165, 1.54) is 0 Å². The van der Waals surface area contributed by atoms with Crippen molar-refractivity contribution < 1.29 is 19.7 Å². The zero-order chi connectivity index (χ0) is 12.0. The molecule has 0 saturated heterocycles. The molecule has 0 fully saturated rings. The van der Waals surface area contributed by atoms with Gasteiger partial charge in [0.15, 0.2) is 0 Å². The lowest BCUT2D eigenvalue weighted by Crippen LogP contribution is -2.21. The molecule has 0 spiro atoms. The van der Waals surface area contributed by atoms with Gasteiger partial charge in [-0.2, -0.15) is 0 Å². The number of methoxy groups -OCH3 is 1. The van der Waals surface area contributed by atoms with Crippen LogP contribution in [0, 0.1) is 0 Å². The first-order chi connectivity index (χ1) is 7.71. The molecule has 16 heavy (non-hydrogen) atoms. The summed E-state index contributed by atoms with van der Waals surface area (Å²) in [4.78, 5) is 0. The average Bonchev–Trinajstić information content (AvgIpc) is 2.35. The lowest BCUT2D eigenvalue weighted by atomic mass is 10.2. The number of aliphatic hydroxyl groups is 2. The zero-order valence-electron chi connectivity index (χ0n) is 9.22. The molecule has 0 aliphatic rings. The second kappa shape index (κ2) is 6.32. The summed E-state index contributed by atoms with van der Waals surface area (Å²) < 4.78 is 10.4. The van der Waals surface area contributed by atoms with E-state index in [4.69, 9.17) is 25.4 Å². The summed E-state index contributed by atoms with van der Waals surface area (Å²) in [7, 11) is 1.58. The van der Waals surface area contributed by atoms with Gasteiger partial charge in [-0.05, 0) is 18.2 Å². The van der Waals surface area contributed by atoms with E-state index in [9.17, 15) is 0 Å². The number of rotatable bonds is 6. The lowest BCUT2D eigenvalue weighted by molar-refractivity contribution is 0.0533. The summed E-state index contributed by atoms with van der Waals surface area (Å²) in [6.07, 6.45) is -0.882. The van der Waals surface area contributed by atoms with Gasteiger partial charge >= 0.3 is 0 Å². The highest BCUT2D eigenvalue weighted by Gasteiger charge is 2.07. The molecule has 0 heterocycles. The Morgan fingerprint density at radius 3 is 2.75 bits per heavy atom. The van der Waals surface area contributed by atoms with Crippen molar-refractivity contribution in [1.29, 1.82) is 0 Å². The molecule has 0 amide bonds. The van der Waals surface area contributed by atoms with Crippen molar-refractivity contribution in [1.82, 2.24) is 0 Å². The second-order valence-corrected chi connectivity index (χ2v) is 3.33. The molecule has 0 aromatic heterocycles. The minimum absolute atomic E-state index is 0.0375. The third kappa shape index (κ3) is 3.37. The molecule has 0 bridgehead atoms. The molecular weight excluding hydrogens is 210 g/mol. The smallest absolute Gasteiger partial charge is 0.124 e. The van der Waals surface area contributed by atoms with Gasteiger partial charge in [0.25, 0.3) is 0 Å². The summed E-state index contributed by atoms with van der Waals surface area (Å²) in [5.41, 5.74) is 6.36. The summed E-state index contributed by atoms with van der Waals surface area (Å²) in [5, 5.41) is 17.8. The molecule has 4 N–H and O–H groups in total. The molecule has 5 nitrogen and oxygen atoms in total. The van der Waals surface area contributed by atoms with Gasteiger partial charge in [0.05, 0.1) is 13.7 Å². The molecule has 90 valence electrons. The third-order valence-electron chi connectivity index (χ3n) is 2.13. The molecule has 0 saturated carbocycles. The van der Waals surface area contributed by atoms with E-state index in [2.05, 4.69) is 0 Å². The number of hydrogen-bond acceptors (Lipinski definition) is 5. The minimum atomic E-state index is -0.882. The van der Waals surface area contributed by atoms with Crippen molar-refractivity contribution in [3.05, 3.63) is 23.8 Å². The molecule has 1 unspecified atom stereocenters. The monoisotopic (exact) mass is 227 g/mol. The molecule has 1 aromatic carbocycles. The van der Waals surface area contributed by atoms with E-state index in [0.717, 1.165) is 5.56 Å². The Hall–Kier alpha value is -1.30. The van der Waals surface area contributed by atoms with Crippen molar-refractivity contribution in [2.45, 2.75) is 12.6 Å². The van der Waals surface area contributed by atoms with Crippen molar-refractivity contribution in [2.75, 3.05) is 20.3 Å². The van der Waals surface area contributed by atoms with Gasteiger partial charge < -0.3 is 25.4 Å². The largest absolute Gasteiger partial charge is 0.497 e. The Labute approximate surface area is 94.4 Å². The van der Waals surface area contributed by atoms with Crippen LogP contribution in [0.1, 0.15) is 5.56 Å². The van der Waals surface area contributed by atoms with Crippen LogP contribution in [0.2, 0.25) is 0 Å². The fourth-order valence-corrected chi connectivity index (χ4v) is 1.22. The number of hydrogen-bond donors (Lipinski definition) is 3.